The van der Waals surface area contributed by atoms with Crippen LogP contribution in [0, 0.1) is 5.92 Å². The Morgan fingerprint density at radius 2 is 2.09 bits per heavy atom. The first-order chi connectivity index (χ1) is 10.5. The van der Waals surface area contributed by atoms with Crippen molar-refractivity contribution in [3.63, 3.8) is 0 Å². The Hall–Kier alpha value is -1.26. The molecule has 1 aliphatic rings. The number of ether oxygens (including phenoxy) is 1. The van der Waals surface area contributed by atoms with Gasteiger partial charge in [0.25, 0.3) is 0 Å². The molecule has 0 saturated carbocycles. The molecule has 0 radical (unpaired) electrons. The molecule has 1 aliphatic heterocycles. The summed E-state index contributed by atoms with van der Waals surface area (Å²) in [5.74, 6) is -0.437. The SMILES string of the molecule is CCOC(=O)[C@@H]1CCCN(C(=O)Cc2ccc(Cl)c(Cl)c2)C1. The molecular formula is C16H19Cl2NO3. The van der Waals surface area contributed by atoms with Crippen LogP contribution in [0.2, 0.25) is 10.0 Å². The van der Waals surface area contributed by atoms with E-state index in [9.17, 15) is 9.59 Å². The molecule has 0 bridgehead atoms. The maximum Gasteiger partial charge on any atom is 0.310 e. The fourth-order valence-corrected chi connectivity index (χ4v) is 2.91. The molecule has 4 nitrogen and oxygen atoms in total. The van der Waals surface area contributed by atoms with Crippen molar-refractivity contribution < 1.29 is 14.3 Å². The van der Waals surface area contributed by atoms with Crippen LogP contribution in [-0.2, 0) is 20.7 Å². The molecule has 1 saturated heterocycles. The van der Waals surface area contributed by atoms with Gasteiger partial charge in [-0.1, -0.05) is 29.3 Å². The minimum atomic E-state index is -0.216. The second kappa shape index (κ2) is 7.84. The number of hydrogen-bond donors (Lipinski definition) is 0. The first kappa shape index (κ1) is 17.1. The van der Waals surface area contributed by atoms with Crippen LogP contribution in [0.25, 0.3) is 0 Å². The zero-order chi connectivity index (χ0) is 16.1. The smallest absolute Gasteiger partial charge is 0.310 e. The maximum atomic E-state index is 12.4. The lowest BCUT2D eigenvalue weighted by molar-refractivity contribution is -0.151. The highest BCUT2D eigenvalue weighted by molar-refractivity contribution is 6.42. The Morgan fingerprint density at radius 1 is 1.32 bits per heavy atom. The van der Waals surface area contributed by atoms with Gasteiger partial charge in [0.15, 0.2) is 0 Å². The van der Waals surface area contributed by atoms with E-state index in [2.05, 4.69) is 0 Å². The van der Waals surface area contributed by atoms with Gasteiger partial charge in [-0.2, -0.15) is 0 Å². The molecule has 0 N–H and O–H groups in total. The van der Waals surface area contributed by atoms with E-state index >= 15 is 0 Å². The molecule has 6 heteroatoms. The summed E-state index contributed by atoms with van der Waals surface area (Å²) >= 11 is 11.8. The van der Waals surface area contributed by atoms with E-state index in [1.807, 2.05) is 0 Å². The van der Waals surface area contributed by atoms with Gasteiger partial charge in [0.1, 0.15) is 0 Å². The molecule has 0 spiro atoms. The summed E-state index contributed by atoms with van der Waals surface area (Å²) in [6.45, 7) is 3.26. The standard InChI is InChI=1S/C16H19Cl2NO3/c1-2-22-16(21)12-4-3-7-19(10-12)15(20)9-11-5-6-13(17)14(18)8-11/h5-6,8,12H,2-4,7,9-10H2,1H3/t12-/m1/s1. The van der Waals surface area contributed by atoms with Crippen LogP contribution in [0.5, 0.6) is 0 Å². The molecule has 22 heavy (non-hydrogen) atoms. The Bertz CT molecular complexity index is 562. The highest BCUT2D eigenvalue weighted by Crippen LogP contribution is 2.24. The number of esters is 1. The zero-order valence-corrected chi connectivity index (χ0v) is 14.0. The number of rotatable bonds is 4. The zero-order valence-electron chi connectivity index (χ0n) is 12.5. The van der Waals surface area contributed by atoms with E-state index in [0.29, 0.717) is 29.7 Å². The van der Waals surface area contributed by atoms with E-state index in [4.69, 9.17) is 27.9 Å². The lowest BCUT2D eigenvalue weighted by Crippen LogP contribution is -2.43. The summed E-state index contributed by atoms with van der Waals surface area (Å²) in [4.78, 5) is 25.9. The number of benzene rings is 1. The van der Waals surface area contributed by atoms with Gasteiger partial charge in [0.2, 0.25) is 5.91 Å². The average molecular weight is 344 g/mol. The molecule has 1 heterocycles. The average Bonchev–Trinajstić information content (AvgIpc) is 2.51. The number of carbonyl (C=O) groups is 2. The van der Waals surface area contributed by atoms with E-state index in [-0.39, 0.29) is 24.2 Å². The summed E-state index contributed by atoms with van der Waals surface area (Å²) in [6.07, 6.45) is 1.85. The molecule has 1 fully saturated rings. The second-order valence-corrected chi connectivity index (χ2v) is 6.17. The normalized spacial score (nSPS) is 18.1. The van der Waals surface area contributed by atoms with Crippen LogP contribution in [0.3, 0.4) is 0 Å². The maximum absolute atomic E-state index is 12.4. The first-order valence-corrected chi connectivity index (χ1v) is 8.15. The number of amides is 1. The molecule has 0 aromatic heterocycles. The minimum Gasteiger partial charge on any atom is -0.466 e. The number of hydrogen-bond acceptors (Lipinski definition) is 3. The van der Waals surface area contributed by atoms with Gasteiger partial charge < -0.3 is 9.64 Å². The van der Waals surface area contributed by atoms with Gasteiger partial charge in [-0.25, -0.2) is 0 Å². The third kappa shape index (κ3) is 4.37. The predicted molar refractivity (Wildman–Crippen MR) is 86.1 cm³/mol. The fourth-order valence-electron chi connectivity index (χ4n) is 2.59. The van der Waals surface area contributed by atoms with Crippen molar-refractivity contribution in [3.8, 4) is 0 Å². The van der Waals surface area contributed by atoms with Gasteiger partial charge in [-0.05, 0) is 37.5 Å². The molecule has 1 aromatic carbocycles. The van der Waals surface area contributed by atoms with Crippen molar-refractivity contribution >= 4 is 35.1 Å². The van der Waals surface area contributed by atoms with Gasteiger partial charge in [0, 0.05) is 13.1 Å². The second-order valence-electron chi connectivity index (χ2n) is 5.36. The van der Waals surface area contributed by atoms with Crippen LogP contribution >= 0.6 is 23.2 Å². The Morgan fingerprint density at radius 3 is 2.77 bits per heavy atom. The molecule has 120 valence electrons. The summed E-state index contributed by atoms with van der Waals surface area (Å²) < 4.78 is 5.05. The van der Waals surface area contributed by atoms with Gasteiger partial charge in [-0.15, -0.1) is 0 Å². The molecule has 1 atom stereocenters. The summed E-state index contributed by atoms with van der Waals surface area (Å²) in [5.41, 5.74) is 0.817. The first-order valence-electron chi connectivity index (χ1n) is 7.39. The van der Waals surface area contributed by atoms with Crippen molar-refractivity contribution in [1.29, 1.82) is 0 Å². The van der Waals surface area contributed by atoms with E-state index < -0.39 is 0 Å². The number of nitrogens with zero attached hydrogens (tertiary/aromatic N) is 1. The van der Waals surface area contributed by atoms with Crippen molar-refractivity contribution in [2.75, 3.05) is 19.7 Å². The monoisotopic (exact) mass is 343 g/mol. The lowest BCUT2D eigenvalue weighted by atomic mass is 9.97. The summed E-state index contributed by atoms with van der Waals surface area (Å²) in [5, 5.41) is 0.910. The lowest BCUT2D eigenvalue weighted by Gasteiger charge is -2.31. The molecule has 0 aliphatic carbocycles. The number of likely N-dealkylation sites (tertiary alicyclic amines) is 1. The van der Waals surface area contributed by atoms with Gasteiger partial charge in [0.05, 0.1) is 29.0 Å². The van der Waals surface area contributed by atoms with Crippen molar-refractivity contribution in [1.82, 2.24) is 4.90 Å². The topological polar surface area (TPSA) is 46.6 Å². The molecule has 1 aromatic rings. The molecule has 1 amide bonds. The molecular weight excluding hydrogens is 325 g/mol. The number of carbonyl (C=O) groups excluding carboxylic acids is 2. The van der Waals surface area contributed by atoms with Crippen LogP contribution in [0.4, 0.5) is 0 Å². The number of halogens is 2. The Labute approximate surface area is 140 Å². The Balaban J connectivity index is 1.96. The van der Waals surface area contributed by atoms with E-state index in [1.165, 1.54) is 0 Å². The highest BCUT2D eigenvalue weighted by atomic mass is 35.5. The van der Waals surface area contributed by atoms with Gasteiger partial charge >= 0.3 is 5.97 Å². The number of piperidine rings is 1. The molecule has 0 unspecified atom stereocenters. The third-order valence-corrected chi connectivity index (χ3v) is 4.47. The highest BCUT2D eigenvalue weighted by Gasteiger charge is 2.29. The van der Waals surface area contributed by atoms with Crippen molar-refractivity contribution in [2.24, 2.45) is 5.92 Å². The summed E-state index contributed by atoms with van der Waals surface area (Å²) in [7, 11) is 0. The third-order valence-electron chi connectivity index (χ3n) is 3.73. The van der Waals surface area contributed by atoms with Crippen LogP contribution in [0.1, 0.15) is 25.3 Å². The largest absolute Gasteiger partial charge is 0.466 e. The van der Waals surface area contributed by atoms with Gasteiger partial charge in [-0.3, -0.25) is 9.59 Å². The van der Waals surface area contributed by atoms with E-state index in [0.717, 1.165) is 18.4 Å². The van der Waals surface area contributed by atoms with Crippen molar-refractivity contribution in [2.45, 2.75) is 26.2 Å². The minimum absolute atomic E-state index is 0.00705. The van der Waals surface area contributed by atoms with E-state index in [1.54, 1.807) is 30.0 Å². The molecule has 2 rings (SSSR count). The van der Waals surface area contributed by atoms with Crippen molar-refractivity contribution in [3.05, 3.63) is 33.8 Å². The predicted octanol–water partition coefficient (Wildman–Crippen LogP) is 3.34. The summed E-state index contributed by atoms with van der Waals surface area (Å²) in [6, 6.07) is 5.18. The van der Waals surface area contributed by atoms with Crippen LogP contribution < -0.4 is 0 Å². The van der Waals surface area contributed by atoms with Crippen LogP contribution in [-0.4, -0.2) is 36.5 Å². The van der Waals surface area contributed by atoms with Crippen LogP contribution in [0.15, 0.2) is 18.2 Å². The Kier molecular flexibility index (Phi) is 6.09. The fraction of sp³-hybridized carbons (Fsp3) is 0.500. The quantitative estimate of drug-likeness (QED) is 0.787.